The van der Waals surface area contributed by atoms with Gasteiger partial charge < -0.3 is 10.1 Å². The molecule has 0 spiro atoms. The Bertz CT molecular complexity index is 1540. The quantitative estimate of drug-likeness (QED) is 0.128. The van der Waals surface area contributed by atoms with E-state index in [2.05, 4.69) is 75.5 Å². The molecule has 1 aromatic heterocycles. The van der Waals surface area contributed by atoms with Crippen molar-refractivity contribution in [3.8, 4) is 22.8 Å². The number of ether oxygens (including phenoxy) is 1. The molecule has 4 aromatic carbocycles. The van der Waals surface area contributed by atoms with Gasteiger partial charge in [-0.05, 0) is 55.2 Å². The van der Waals surface area contributed by atoms with E-state index in [9.17, 15) is 4.79 Å². The van der Waals surface area contributed by atoms with E-state index in [4.69, 9.17) is 4.74 Å². The van der Waals surface area contributed by atoms with Crippen molar-refractivity contribution in [2.24, 2.45) is 0 Å². The average molecular weight is 563 g/mol. The summed E-state index contributed by atoms with van der Waals surface area (Å²) in [6, 6.07) is 36.5. The number of methoxy groups -OCH3 is 1. The molecule has 0 bridgehead atoms. The number of hydrogen-bond donors (Lipinski definition) is 1. The normalized spacial score (nSPS) is 11.7. The van der Waals surface area contributed by atoms with E-state index in [1.165, 1.54) is 11.1 Å². The van der Waals surface area contributed by atoms with Crippen LogP contribution in [0.1, 0.15) is 35.6 Å². The molecule has 1 unspecified atom stereocenters. The maximum absolute atomic E-state index is 13.0. The fraction of sp³-hybridized carbons (Fsp3) is 0.206. The van der Waals surface area contributed by atoms with Crippen molar-refractivity contribution >= 4 is 17.7 Å². The molecule has 1 heterocycles. The molecule has 1 atom stereocenters. The number of carbonyl (C=O) groups is 1. The molecule has 0 saturated heterocycles. The van der Waals surface area contributed by atoms with Gasteiger partial charge in [0.25, 0.3) is 0 Å². The molecule has 0 radical (unpaired) electrons. The smallest absolute Gasteiger partial charge is 0.220 e. The van der Waals surface area contributed by atoms with Gasteiger partial charge in [-0.1, -0.05) is 102 Å². The minimum Gasteiger partial charge on any atom is -0.497 e. The molecule has 0 aliphatic heterocycles. The van der Waals surface area contributed by atoms with Crippen LogP contribution in [0.3, 0.4) is 0 Å². The van der Waals surface area contributed by atoms with Crippen LogP contribution in [0, 0.1) is 6.92 Å². The van der Waals surface area contributed by atoms with Crippen molar-refractivity contribution in [1.29, 1.82) is 0 Å². The number of hydrogen-bond acceptors (Lipinski definition) is 5. The summed E-state index contributed by atoms with van der Waals surface area (Å²) < 4.78 is 7.42. The van der Waals surface area contributed by atoms with Crippen molar-refractivity contribution in [3.63, 3.8) is 0 Å². The second-order valence-electron chi connectivity index (χ2n) is 9.88. The Labute approximate surface area is 245 Å². The Kier molecular flexibility index (Phi) is 9.49. The molecule has 7 heteroatoms. The van der Waals surface area contributed by atoms with E-state index in [0.29, 0.717) is 6.42 Å². The standard InChI is InChI=1S/C34H34N4O2S/c1-25-15-17-28(18-16-25)33-36-37-34(38(33)29-19-21-30(40-2)22-20-29)41-23-9-14-32(39)35-31(27-12-7-4-8-13-27)24-26-10-5-3-6-11-26/h3-8,10-13,15-22,31H,9,14,23-24H2,1-2H3,(H,35,39). The van der Waals surface area contributed by atoms with E-state index >= 15 is 0 Å². The third-order valence-electron chi connectivity index (χ3n) is 6.87. The highest BCUT2D eigenvalue weighted by molar-refractivity contribution is 7.99. The summed E-state index contributed by atoms with van der Waals surface area (Å²) in [5.74, 6) is 2.36. The summed E-state index contributed by atoms with van der Waals surface area (Å²) in [5.41, 5.74) is 5.44. The van der Waals surface area contributed by atoms with Crippen LogP contribution in [-0.2, 0) is 11.2 Å². The van der Waals surface area contributed by atoms with E-state index in [-0.39, 0.29) is 11.9 Å². The van der Waals surface area contributed by atoms with Crippen molar-refractivity contribution in [1.82, 2.24) is 20.1 Å². The van der Waals surface area contributed by atoms with Crippen LogP contribution in [0.4, 0.5) is 0 Å². The number of thioether (sulfide) groups is 1. The number of carbonyl (C=O) groups excluding carboxylic acids is 1. The Morgan fingerprint density at radius 1 is 0.878 bits per heavy atom. The molecular formula is C34H34N4O2S. The Morgan fingerprint density at radius 3 is 2.24 bits per heavy atom. The van der Waals surface area contributed by atoms with Crippen LogP contribution in [0.15, 0.2) is 114 Å². The predicted octanol–water partition coefficient (Wildman–Crippen LogP) is 7.22. The number of benzene rings is 4. The Hall–Kier alpha value is -4.36. The minimum atomic E-state index is -0.0750. The van der Waals surface area contributed by atoms with Crippen LogP contribution in [0.5, 0.6) is 5.75 Å². The fourth-order valence-electron chi connectivity index (χ4n) is 4.67. The van der Waals surface area contributed by atoms with Crippen molar-refractivity contribution < 1.29 is 9.53 Å². The van der Waals surface area contributed by atoms with Gasteiger partial charge in [-0.2, -0.15) is 0 Å². The first kappa shape index (κ1) is 28.2. The number of nitrogens with zero attached hydrogens (tertiary/aromatic N) is 3. The molecular weight excluding hydrogens is 528 g/mol. The highest BCUT2D eigenvalue weighted by Crippen LogP contribution is 2.29. The number of nitrogens with one attached hydrogen (secondary N) is 1. The van der Waals surface area contributed by atoms with E-state index in [0.717, 1.165) is 52.1 Å². The summed E-state index contributed by atoms with van der Waals surface area (Å²) in [7, 11) is 1.66. The van der Waals surface area contributed by atoms with Gasteiger partial charge in [0.05, 0.1) is 13.2 Å². The van der Waals surface area contributed by atoms with Gasteiger partial charge in [0.15, 0.2) is 11.0 Å². The number of rotatable bonds is 12. The third kappa shape index (κ3) is 7.44. The Balaban J connectivity index is 1.25. The van der Waals surface area contributed by atoms with Gasteiger partial charge in [-0.25, -0.2) is 0 Å². The highest BCUT2D eigenvalue weighted by atomic mass is 32.2. The van der Waals surface area contributed by atoms with E-state index in [1.54, 1.807) is 18.9 Å². The Morgan fingerprint density at radius 2 is 1.56 bits per heavy atom. The molecule has 5 rings (SSSR count). The summed E-state index contributed by atoms with van der Waals surface area (Å²) in [5, 5.41) is 13.1. The fourth-order valence-corrected chi connectivity index (χ4v) is 5.56. The summed E-state index contributed by atoms with van der Waals surface area (Å²) in [4.78, 5) is 13.0. The van der Waals surface area contributed by atoms with Crippen molar-refractivity contribution in [2.75, 3.05) is 12.9 Å². The molecule has 0 fully saturated rings. The van der Waals surface area contributed by atoms with Gasteiger partial charge in [-0.3, -0.25) is 9.36 Å². The highest BCUT2D eigenvalue weighted by Gasteiger charge is 2.18. The van der Waals surface area contributed by atoms with E-state index < -0.39 is 0 Å². The molecule has 6 nitrogen and oxygen atoms in total. The second-order valence-corrected chi connectivity index (χ2v) is 10.9. The first-order chi connectivity index (χ1) is 20.1. The molecule has 0 aliphatic rings. The minimum absolute atomic E-state index is 0.0485. The molecule has 0 aliphatic carbocycles. The topological polar surface area (TPSA) is 69.0 Å². The number of amides is 1. The zero-order valence-corrected chi connectivity index (χ0v) is 24.2. The lowest BCUT2D eigenvalue weighted by Crippen LogP contribution is -2.29. The maximum Gasteiger partial charge on any atom is 0.220 e. The predicted molar refractivity (Wildman–Crippen MR) is 166 cm³/mol. The van der Waals surface area contributed by atoms with Gasteiger partial charge in [0.2, 0.25) is 5.91 Å². The molecule has 1 N–H and O–H groups in total. The third-order valence-corrected chi connectivity index (χ3v) is 7.89. The van der Waals surface area contributed by atoms with Crippen LogP contribution in [-0.4, -0.2) is 33.5 Å². The zero-order chi connectivity index (χ0) is 28.4. The first-order valence-corrected chi connectivity index (χ1v) is 14.8. The lowest BCUT2D eigenvalue weighted by molar-refractivity contribution is -0.121. The van der Waals surface area contributed by atoms with Crippen LogP contribution in [0.2, 0.25) is 0 Å². The SMILES string of the molecule is COc1ccc(-n2c(SCCCC(=O)NC(Cc3ccccc3)c3ccccc3)nnc2-c2ccc(C)cc2)cc1. The molecule has 1 amide bonds. The van der Waals surface area contributed by atoms with E-state index in [1.807, 2.05) is 60.7 Å². The van der Waals surface area contributed by atoms with Gasteiger partial charge in [0, 0.05) is 23.4 Å². The second kappa shape index (κ2) is 13.8. The van der Waals surface area contributed by atoms with Crippen LogP contribution < -0.4 is 10.1 Å². The van der Waals surface area contributed by atoms with Gasteiger partial charge in [-0.15, -0.1) is 10.2 Å². The summed E-state index contributed by atoms with van der Waals surface area (Å²) >= 11 is 1.61. The van der Waals surface area contributed by atoms with Gasteiger partial charge in [0.1, 0.15) is 5.75 Å². The average Bonchev–Trinajstić information content (AvgIpc) is 3.44. The lowest BCUT2D eigenvalue weighted by Gasteiger charge is -2.19. The molecule has 5 aromatic rings. The molecule has 0 saturated carbocycles. The van der Waals surface area contributed by atoms with Crippen LogP contribution in [0.25, 0.3) is 17.1 Å². The largest absolute Gasteiger partial charge is 0.497 e. The zero-order valence-electron chi connectivity index (χ0n) is 23.4. The number of aryl methyl sites for hydroxylation is 1. The van der Waals surface area contributed by atoms with Crippen molar-refractivity contribution in [3.05, 3.63) is 126 Å². The lowest BCUT2D eigenvalue weighted by atomic mass is 9.98. The first-order valence-electron chi connectivity index (χ1n) is 13.8. The van der Waals surface area contributed by atoms with Gasteiger partial charge >= 0.3 is 0 Å². The molecule has 41 heavy (non-hydrogen) atoms. The maximum atomic E-state index is 13.0. The molecule has 208 valence electrons. The summed E-state index contributed by atoms with van der Waals surface area (Å²) in [6.07, 6.45) is 1.91. The monoisotopic (exact) mass is 562 g/mol. The van der Waals surface area contributed by atoms with Crippen LogP contribution >= 0.6 is 11.8 Å². The van der Waals surface area contributed by atoms with Crippen molar-refractivity contribution in [2.45, 2.75) is 37.4 Å². The number of aromatic nitrogens is 3. The summed E-state index contributed by atoms with van der Waals surface area (Å²) in [6.45, 7) is 2.07.